The van der Waals surface area contributed by atoms with Crippen LogP contribution < -0.4 is 10.2 Å². The smallest absolute Gasteiger partial charge is 0.198 e. The van der Waals surface area contributed by atoms with Crippen molar-refractivity contribution >= 4 is 22.5 Å². The minimum Gasteiger partial charge on any atom is -0.496 e. The quantitative estimate of drug-likeness (QED) is 0.861. The first-order valence-electron chi connectivity index (χ1n) is 5.70. The van der Waals surface area contributed by atoms with Gasteiger partial charge in [0.15, 0.2) is 5.43 Å². The molecule has 0 atom stereocenters. The van der Waals surface area contributed by atoms with Crippen LogP contribution in [0.5, 0.6) is 5.75 Å². The number of methoxy groups -OCH3 is 1. The molecule has 0 fully saturated rings. The van der Waals surface area contributed by atoms with E-state index in [1.165, 1.54) is 7.11 Å². The van der Waals surface area contributed by atoms with E-state index in [1.807, 2.05) is 0 Å². The molecular weight excluding hydrogens is 254 g/mol. The Kier molecular flexibility index (Phi) is 2.76. The van der Waals surface area contributed by atoms with Crippen molar-refractivity contribution in [2.24, 2.45) is 0 Å². The highest BCUT2D eigenvalue weighted by atomic mass is 35.5. The second kappa shape index (κ2) is 4.30. The zero-order valence-corrected chi connectivity index (χ0v) is 10.6. The Labute approximate surface area is 108 Å². The lowest BCUT2D eigenvalue weighted by Crippen LogP contribution is -2.22. The summed E-state index contributed by atoms with van der Waals surface area (Å²) in [4.78, 5) is 15.7. The number of pyridine rings is 1. The van der Waals surface area contributed by atoms with Gasteiger partial charge in [0.25, 0.3) is 0 Å². The molecule has 1 aromatic heterocycles. The Morgan fingerprint density at radius 2 is 2.28 bits per heavy atom. The Morgan fingerprint density at radius 3 is 3.06 bits per heavy atom. The van der Waals surface area contributed by atoms with Crippen LogP contribution in [0.1, 0.15) is 11.3 Å². The fraction of sp³-hybridized carbons (Fsp3) is 0.308. The number of halogens is 1. The number of H-pyrrole nitrogens is 1. The highest BCUT2D eigenvalue weighted by Gasteiger charge is 2.19. The number of hydrogen-bond acceptors (Lipinski definition) is 3. The number of ether oxygens (including phenoxy) is 2. The molecule has 0 bridgehead atoms. The van der Waals surface area contributed by atoms with Gasteiger partial charge in [0.2, 0.25) is 0 Å². The Bertz CT molecular complexity index is 678. The van der Waals surface area contributed by atoms with Crippen molar-refractivity contribution in [2.45, 2.75) is 13.0 Å². The molecule has 4 nitrogen and oxygen atoms in total. The molecule has 0 amide bonds. The van der Waals surface area contributed by atoms with Crippen LogP contribution in [0.15, 0.2) is 16.9 Å². The largest absolute Gasteiger partial charge is 0.496 e. The molecule has 1 aliphatic heterocycles. The molecule has 94 valence electrons. The summed E-state index contributed by atoms with van der Waals surface area (Å²) in [5.41, 5.74) is 2.17. The van der Waals surface area contributed by atoms with Gasteiger partial charge >= 0.3 is 0 Å². The average molecular weight is 266 g/mol. The molecule has 3 rings (SSSR count). The van der Waals surface area contributed by atoms with Crippen LogP contribution in [0.3, 0.4) is 0 Å². The summed E-state index contributed by atoms with van der Waals surface area (Å²) in [5, 5.41) is 1.02. The van der Waals surface area contributed by atoms with Crippen molar-refractivity contribution in [3.8, 4) is 5.75 Å². The summed E-state index contributed by atoms with van der Waals surface area (Å²) in [6, 6.07) is 3.43. The average Bonchev–Trinajstić information content (AvgIpc) is 2.40. The minimum atomic E-state index is -0.0576. The number of fused-ring (bicyclic) bond motifs is 2. The van der Waals surface area contributed by atoms with Gasteiger partial charge in [-0.1, -0.05) is 11.6 Å². The van der Waals surface area contributed by atoms with Gasteiger partial charge in [-0.3, -0.25) is 4.79 Å². The molecule has 0 radical (unpaired) electrons. The molecule has 2 aromatic rings. The molecule has 18 heavy (non-hydrogen) atoms. The summed E-state index contributed by atoms with van der Waals surface area (Å²) in [7, 11) is 1.54. The molecule has 0 aliphatic carbocycles. The Balaban J connectivity index is 2.45. The molecule has 2 heterocycles. The summed E-state index contributed by atoms with van der Waals surface area (Å²) in [6.07, 6.45) is 0.702. The number of aromatic amines is 1. The van der Waals surface area contributed by atoms with E-state index in [1.54, 1.807) is 12.1 Å². The van der Waals surface area contributed by atoms with Gasteiger partial charge in [0.1, 0.15) is 5.75 Å². The van der Waals surface area contributed by atoms with Crippen molar-refractivity contribution in [1.29, 1.82) is 0 Å². The molecule has 0 saturated heterocycles. The maximum absolute atomic E-state index is 12.5. The van der Waals surface area contributed by atoms with Gasteiger partial charge in [-0.2, -0.15) is 0 Å². The first-order chi connectivity index (χ1) is 8.72. The van der Waals surface area contributed by atoms with Crippen molar-refractivity contribution in [2.75, 3.05) is 13.7 Å². The molecule has 1 aliphatic rings. The molecule has 0 unspecified atom stereocenters. The number of hydrogen-bond donors (Lipinski definition) is 1. The van der Waals surface area contributed by atoms with Crippen LogP contribution in [0.25, 0.3) is 10.9 Å². The Hall–Kier alpha value is -1.52. The minimum absolute atomic E-state index is 0.0576. The van der Waals surface area contributed by atoms with Crippen molar-refractivity contribution < 1.29 is 9.47 Å². The van der Waals surface area contributed by atoms with E-state index >= 15 is 0 Å². The van der Waals surface area contributed by atoms with Gasteiger partial charge in [-0.05, 0) is 12.1 Å². The van der Waals surface area contributed by atoms with E-state index in [2.05, 4.69) is 4.98 Å². The predicted molar refractivity (Wildman–Crippen MR) is 69.5 cm³/mol. The van der Waals surface area contributed by atoms with Crippen molar-refractivity contribution in [3.63, 3.8) is 0 Å². The van der Waals surface area contributed by atoms with Crippen LogP contribution in [0, 0.1) is 0 Å². The van der Waals surface area contributed by atoms with Crippen molar-refractivity contribution in [1.82, 2.24) is 4.98 Å². The standard InChI is InChI=1S/C13H12ClNO3/c1-17-10-3-2-8(14)12-11(10)13(16)7-6-18-5-4-9(7)15-12/h2-3H,4-6H2,1H3,(H,15,16). The molecule has 1 aromatic carbocycles. The van der Waals surface area contributed by atoms with Gasteiger partial charge < -0.3 is 14.5 Å². The maximum Gasteiger partial charge on any atom is 0.198 e. The summed E-state index contributed by atoms with van der Waals surface area (Å²) in [6.45, 7) is 0.965. The molecule has 5 heteroatoms. The van der Waals surface area contributed by atoms with E-state index in [4.69, 9.17) is 21.1 Å². The van der Waals surface area contributed by atoms with Crippen LogP contribution in [0.2, 0.25) is 5.02 Å². The topological polar surface area (TPSA) is 51.3 Å². The second-order valence-corrected chi connectivity index (χ2v) is 4.62. The van der Waals surface area contributed by atoms with E-state index in [0.717, 1.165) is 5.69 Å². The monoisotopic (exact) mass is 265 g/mol. The lowest BCUT2D eigenvalue weighted by Gasteiger charge is -2.17. The van der Waals surface area contributed by atoms with Gasteiger partial charge in [0, 0.05) is 17.7 Å². The van der Waals surface area contributed by atoms with E-state index < -0.39 is 0 Å². The zero-order chi connectivity index (χ0) is 12.7. The normalized spacial score (nSPS) is 14.6. The third-order valence-corrected chi connectivity index (χ3v) is 3.54. The highest BCUT2D eigenvalue weighted by molar-refractivity contribution is 6.35. The van der Waals surface area contributed by atoms with Gasteiger partial charge in [-0.25, -0.2) is 0 Å². The number of benzene rings is 1. The number of nitrogens with one attached hydrogen (secondary N) is 1. The zero-order valence-electron chi connectivity index (χ0n) is 9.88. The third kappa shape index (κ3) is 1.61. The summed E-state index contributed by atoms with van der Waals surface area (Å²) < 4.78 is 10.6. The third-order valence-electron chi connectivity index (χ3n) is 3.22. The van der Waals surface area contributed by atoms with Crippen LogP contribution >= 0.6 is 11.6 Å². The lowest BCUT2D eigenvalue weighted by atomic mass is 10.0. The molecule has 0 saturated carbocycles. The predicted octanol–water partition coefficient (Wildman–Crippen LogP) is 2.26. The van der Waals surface area contributed by atoms with E-state index in [-0.39, 0.29) is 5.43 Å². The first-order valence-corrected chi connectivity index (χ1v) is 6.08. The molecule has 1 N–H and O–H groups in total. The number of rotatable bonds is 1. The maximum atomic E-state index is 12.5. The van der Waals surface area contributed by atoms with E-state index in [9.17, 15) is 4.79 Å². The lowest BCUT2D eigenvalue weighted by molar-refractivity contribution is 0.108. The van der Waals surface area contributed by atoms with Crippen molar-refractivity contribution in [3.05, 3.63) is 38.6 Å². The van der Waals surface area contributed by atoms with E-state index in [0.29, 0.717) is 46.9 Å². The van der Waals surface area contributed by atoms with Crippen LogP contribution in [0.4, 0.5) is 0 Å². The molecular formula is C13H12ClNO3. The van der Waals surface area contributed by atoms with Gasteiger partial charge in [0.05, 0.1) is 36.2 Å². The molecule has 0 spiro atoms. The fourth-order valence-corrected chi connectivity index (χ4v) is 2.51. The fourth-order valence-electron chi connectivity index (χ4n) is 2.30. The SMILES string of the molecule is COc1ccc(Cl)c2[nH]c3c(c(=O)c12)COCC3. The summed E-state index contributed by atoms with van der Waals surface area (Å²) in [5.74, 6) is 0.532. The number of aromatic nitrogens is 1. The Morgan fingerprint density at radius 1 is 1.44 bits per heavy atom. The first kappa shape index (κ1) is 11.6. The van der Waals surface area contributed by atoms with Gasteiger partial charge in [-0.15, -0.1) is 0 Å². The van der Waals surface area contributed by atoms with Crippen LogP contribution in [-0.2, 0) is 17.8 Å². The highest BCUT2D eigenvalue weighted by Crippen LogP contribution is 2.29. The summed E-state index contributed by atoms with van der Waals surface area (Å²) >= 11 is 6.14. The second-order valence-electron chi connectivity index (χ2n) is 4.21. The van der Waals surface area contributed by atoms with Crippen LogP contribution in [-0.4, -0.2) is 18.7 Å².